The van der Waals surface area contributed by atoms with Gasteiger partial charge in [0.25, 0.3) is 5.91 Å². The van der Waals surface area contributed by atoms with Gasteiger partial charge in [-0.2, -0.15) is 0 Å². The van der Waals surface area contributed by atoms with Crippen molar-refractivity contribution < 1.29 is 9.53 Å². The number of nitrogens with zero attached hydrogens (tertiary/aromatic N) is 3. The molecule has 1 amide bonds. The first kappa shape index (κ1) is 26.8. The number of hydrogen-bond donors (Lipinski definition) is 2. The molecule has 0 radical (unpaired) electrons. The number of pyridine rings is 2. The minimum atomic E-state index is -0.187. The Labute approximate surface area is 244 Å². The van der Waals surface area contributed by atoms with Gasteiger partial charge in [-0.05, 0) is 73.0 Å². The molecule has 6 rings (SSSR count). The zero-order chi connectivity index (χ0) is 29.1. The molecule has 0 saturated heterocycles. The quantitative estimate of drug-likeness (QED) is 0.200. The predicted octanol–water partition coefficient (Wildman–Crippen LogP) is 8.01. The highest BCUT2D eigenvalue weighted by Gasteiger charge is 2.13. The molecule has 42 heavy (non-hydrogen) atoms. The lowest BCUT2D eigenvalue weighted by molar-refractivity contribution is 0.102. The van der Waals surface area contributed by atoms with E-state index in [1.54, 1.807) is 6.20 Å². The molecule has 2 N–H and O–H groups in total. The molecule has 0 bridgehead atoms. The number of benzene rings is 3. The zero-order valence-corrected chi connectivity index (χ0v) is 23.8. The van der Waals surface area contributed by atoms with Crippen molar-refractivity contribution in [3.05, 3.63) is 121 Å². The maximum absolute atomic E-state index is 13.3. The first-order valence-electron chi connectivity index (χ1n) is 13.9. The molecule has 3 aromatic carbocycles. The lowest BCUT2D eigenvalue weighted by Crippen LogP contribution is -2.12. The van der Waals surface area contributed by atoms with Crippen molar-refractivity contribution in [3.8, 4) is 28.1 Å². The largest absolute Gasteiger partial charge is 0.478 e. The number of amides is 1. The minimum absolute atomic E-state index is 0.187. The van der Waals surface area contributed by atoms with Crippen molar-refractivity contribution in [2.24, 2.45) is 7.05 Å². The molecule has 0 fully saturated rings. The number of carbonyl (C=O) groups is 1. The Kier molecular flexibility index (Phi) is 7.39. The summed E-state index contributed by atoms with van der Waals surface area (Å²) < 4.78 is 7.54. The second-order valence-electron chi connectivity index (χ2n) is 10.1. The summed E-state index contributed by atoms with van der Waals surface area (Å²) in [5.41, 5.74) is 8.38. The zero-order valence-electron chi connectivity index (χ0n) is 23.8. The lowest BCUT2D eigenvalue weighted by atomic mass is 10.1. The number of hydrogen-bond acceptors (Lipinski definition) is 5. The number of anilines is 3. The highest BCUT2D eigenvalue weighted by atomic mass is 16.5. The van der Waals surface area contributed by atoms with Crippen molar-refractivity contribution in [2.75, 3.05) is 17.2 Å². The van der Waals surface area contributed by atoms with E-state index in [4.69, 9.17) is 4.74 Å². The van der Waals surface area contributed by atoms with E-state index in [1.165, 1.54) is 0 Å². The molecule has 0 unspecified atom stereocenters. The van der Waals surface area contributed by atoms with Crippen LogP contribution in [0.15, 0.2) is 110 Å². The maximum Gasteiger partial charge on any atom is 0.255 e. The van der Waals surface area contributed by atoms with Gasteiger partial charge in [0.15, 0.2) is 0 Å². The second kappa shape index (κ2) is 11.6. The van der Waals surface area contributed by atoms with Crippen LogP contribution in [0.2, 0.25) is 0 Å². The Hall–Kier alpha value is -5.43. The summed E-state index contributed by atoms with van der Waals surface area (Å²) in [4.78, 5) is 22.2. The van der Waals surface area contributed by atoms with Gasteiger partial charge in [-0.3, -0.25) is 4.79 Å². The molecule has 0 aliphatic rings. The first-order valence-corrected chi connectivity index (χ1v) is 13.9. The Morgan fingerprint density at radius 2 is 1.74 bits per heavy atom. The van der Waals surface area contributed by atoms with E-state index < -0.39 is 0 Å². The Balaban J connectivity index is 1.21. The number of aryl methyl sites for hydroxylation is 2. The number of aromatic nitrogens is 3. The van der Waals surface area contributed by atoms with Gasteiger partial charge in [0, 0.05) is 65.2 Å². The number of carbonyl (C=O) groups excluding carboxylic acids is 1. The standard InChI is InChI=1S/C35H31N5O2/c1-4-42-34-15-12-27(21-37-34)30-22-40(3)32-20-28(13-14-29(30)32)38-35(41)26-11-10-23(2)31(18-26)39-33-19-25(16-17-36-33)24-8-6-5-7-9-24/h5-22H,4H2,1-3H3,(H,36,39)(H,38,41). The van der Waals surface area contributed by atoms with Gasteiger partial charge >= 0.3 is 0 Å². The van der Waals surface area contributed by atoms with Gasteiger partial charge in [0.2, 0.25) is 5.88 Å². The van der Waals surface area contributed by atoms with Gasteiger partial charge in [-0.1, -0.05) is 42.5 Å². The summed E-state index contributed by atoms with van der Waals surface area (Å²) in [5.74, 6) is 1.14. The molecule has 3 heterocycles. The molecular weight excluding hydrogens is 522 g/mol. The average Bonchev–Trinajstić information content (AvgIpc) is 3.35. The van der Waals surface area contributed by atoms with Gasteiger partial charge in [-0.15, -0.1) is 0 Å². The summed E-state index contributed by atoms with van der Waals surface area (Å²) in [5, 5.41) is 7.54. The van der Waals surface area contributed by atoms with E-state index in [0.717, 1.165) is 50.1 Å². The van der Waals surface area contributed by atoms with E-state index in [9.17, 15) is 4.79 Å². The number of rotatable bonds is 8. The number of nitrogens with one attached hydrogen (secondary N) is 2. The summed E-state index contributed by atoms with van der Waals surface area (Å²) in [6.07, 6.45) is 5.69. The summed E-state index contributed by atoms with van der Waals surface area (Å²) >= 11 is 0. The van der Waals surface area contributed by atoms with Crippen molar-refractivity contribution >= 4 is 34.0 Å². The van der Waals surface area contributed by atoms with Crippen LogP contribution in [0.5, 0.6) is 5.88 Å². The van der Waals surface area contributed by atoms with Crippen LogP contribution in [-0.4, -0.2) is 27.0 Å². The average molecular weight is 554 g/mol. The van der Waals surface area contributed by atoms with Gasteiger partial charge in [0.1, 0.15) is 5.82 Å². The van der Waals surface area contributed by atoms with Crippen molar-refractivity contribution in [2.45, 2.75) is 13.8 Å². The Morgan fingerprint density at radius 1 is 0.881 bits per heavy atom. The van der Waals surface area contributed by atoms with Crippen LogP contribution < -0.4 is 15.4 Å². The summed E-state index contributed by atoms with van der Waals surface area (Å²) in [7, 11) is 2.00. The fourth-order valence-corrected chi connectivity index (χ4v) is 5.01. The number of fused-ring (bicyclic) bond motifs is 1. The fraction of sp³-hybridized carbons (Fsp3) is 0.114. The highest BCUT2D eigenvalue weighted by Crippen LogP contribution is 2.32. The van der Waals surface area contributed by atoms with Gasteiger partial charge in [0.05, 0.1) is 12.1 Å². The van der Waals surface area contributed by atoms with E-state index in [-0.39, 0.29) is 5.91 Å². The van der Waals surface area contributed by atoms with E-state index in [0.29, 0.717) is 23.9 Å². The van der Waals surface area contributed by atoms with Crippen LogP contribution in [0, 0.1) is 6.92 Å². The third-order valence-electron chi connectivity index (χ3n) is 7.22. The summed E-state index contributed by atoms with van der Waals surface area (Å²) in [6, 6.07) is 29.6. The molecule has 7 nitrogen and oxygen atoms in total. The van der Waals surface area contributed by atoms with E-state index in [2.05, 4.69) is 43.5 Å². The van der Waals surface area contributed by atoms with E-state index >= 15 is 0 Å². The summed E-state index contributed by atoms with van der Waals surface area (Å²) in [6.45, 7) is 4.52. The van der Waals surface area contributed by atoms with Gasteiger partial charge < -0.3 is 19.9 Å². The topological polar surface area (TPSA) is 81.1 Å². The van der Waals surface area contributed by atoms with Crippen molar-refractivity contribution in [3.63, 3.8) is 0 Å². The predicted molar refractivity (Wildman–Crippen MR) is 169 cm³/mol. The molecule has 0 aliphatic carbocycles. The van der Waals surface area contributed by atoms with Gasteiger partial charge in [-0.25, -0.2) is 9.97 Å². The van der Waals surface area contributed by atoms with Crippen LogP contribution in [0.1, 0.15) is 22.8 Å². The minimum Gasteiger partial charge on any atom is -0.478 e. The maximum atomic E-state index is 13.3. The van der Waals surface area contributed by atoms with Crippen LogP contribution in [0.25, 0.3) is 33.2 Å². The van der Waals surface area contributed by atoms with E-state index in [1.807, 2.05) is 106 Å². The van der Waals surface area contributed by atoms with Crippen LogP contribution in [0.3, 0.4) is 0 Å². The fourth-order valence-electron chi connectivity index (χ4n) is 5.01. The molecule has 0 atom stereocenters. The lowest BCUT2D eigenvalue weighted by Gasteiger charge is -2.13. The molecule has 6 aromatic rings. The SMILES string of the molecule is CCOc1ccc(-c2cn(C)c3cc(NC(=O)c4ccc(C)c(Nc5cc(-c6ccccc6)ccn5)c4)ccc23)cn1. The smallest absolute Gasteiger partial charge is 0.255 e. The first-order chi connectivity index (χ1) is 20.5. The third kappa shape index (κ3) is 5.58. The molecular formula is C35H31N5O2. The Morgan fingerprint density at radius 3 is 2.52 bits per heavy atom. The molecule has 208 valence electrons. The third-order valence-corrected chi connectivity index (χ3v) is 7.22. The molecule has 7 heteroatoms. The van der Waals surface area contributed by atoms with Crippen molar-refractivity contribution in [1.82, 2.24) is 14.5 Å². The normalized spacial score (nSPS) is 10.9. The molecule has 0 aliphatic heterocycles. The monoisotopic (exact) mass is 553 g/mol. The highest BCUT2D eigenvalue weighted by molar-refractivity contribution is 6.06. The molecule has 0 spiro atoms. The molecule has 0 saturated carbocycles. The van der Waals surface area contributed by atoms with Crippen LogP contribution in [-0.2, 0) is 7.05 Å². The second-order valence-corrected chi connectivity index (χ2v) is 10.1. The van der Waals surface area contributed by atoms with Crippen molar-refractivity contribution in [1.29, 1.82) is 0 Å². The Bertz CT molecular complexity index is 1880. The molecule has 3 aromatic heterocycles. The van der Waals surface area contributed by atoms with Crippen LogP contribution >= 0.6 is 0 Å². The van der Waals surface area contributed by atoms with Crippen LogP contribution in [0.4, 0.5) is 17.2 Å². The number of ether oxygens (including phenoxy) is 1.